The molecule has 0 saturated carbocycles. The number of carbonyl (C=O) groups is 1. The number of carbonyl (C=O) groups excluding carboxylic acids is 1. The van der Waals surface area contributed by atoms with Crippen molar-refractivity contribution in [2.24, 2.45) is 5.73 Å². The van der Waals surface area contributed by atoms with Crippen LogP contribution in [0.25, 0.3) is 11.3 Å². The molecule has 1 aromatic heterocycles. The van der Waals surface area contributed by atoms with Crippen LogP contribution in [-0.2, 0) is 11.3 Å². The summed E-state index contributed by atoms with van der Waals surface area (Å²) in [7, 11) is 1.54. The van der Waals surface area contributed by atoms with E-state index in [4.69, 9.17) is 22.7 Å². The summed E-state index contributed by atoms with van der Waals surface area (Å²) in [5.41, 5.74) is 6.23. The minimum absolute atomic E-state index is 0.0248. The number of nitrogens with one attached hydrogen (secondary N) is 2. The molecule has 0 unspecified atom stereocenters. The van der Waals surface area contributed by atoms with Gasteiger partial charge in [-0.3, -0.25) is 14.6 Å². The molecule has 2 aromatic rings. The Morgan fingerprint density at radius 2 is 2.17 bits per heavy atom. The zero-order valence-corrected chi connectivity index (χ0v) is 13.5. The van der Waals surface area contributed by atoms with E-state index >= 15 is 0 Å². The zero-order valence-electron chi connectivity index (χ0n) is 12.7. The molecule has 1 amide bonds. The molecule has 122 valence electrons. The second kappa shape index (κ2) is 7.70. The van der Waals surface area contributed by atoms with Gasteiger partial charge in [0.15, 0.2) is 4.77 Å². The van der Waals surface area contributed by atoms with Crippen LogP contribution in [0.15, 0.2) is 35.1 Å². The number of hydrogen-bond acceptors (Lipinski definition) is 5. The molecule has 0 aliphatic heterocycles. The molecule has 1 heterocycles. The Hall–Kier alpha value is -2.45. The summed E-state index contributed by atoms with van der Waals surface area (Å²) in [5.74, 6) is 0.346. The maximum atomic E-state index is 12.0. The van der Waals surface area contributed by atoms with E-state index in [1.54, 1.807) is 23.8 Å². The molecule has 0 fully saturated rings. The summed E-state index contributed by atoms with van der Waals surface area (Å²) in [4.78, 5) is 26.3. The first kappa shape index (κ1) is 16.9. The van der Waals surface area contributed by atoms with Crippen LogP contribution in [0.1, 0.15) is 0 Å². The van der Waals surface area contributed by atoms with Gasteiger partial charge in [-0.15, -0.1) is 0 Å². The van der Waals surface area contributed by atoms with Crippen molar-refractivity contribution in [1.82, 2.24) is 14.9 Å². The molecule has 23 heavy (non-hydrogen) atoms. The Morgan fingerprint density at radius 3 is 2.87 bits per heavy atom. The maximum Gasteiger partial charge on any atom is 0.252 e. The number of aromatic nitrogens is 2. The van der Waals surface area contributed by atoms with Gasteiger partial charge in [0.1, 0.15) is 12.3 Å². The second-order valence-electron chi connectivity index (χ2n) is 4.75. The summed E-state index contributed by atoms with van der Waals surface area (Å²) in [5, 5.41) is 2.68. The minimum atomic E-state index is -0.338. The molecule has 4 N–H and O–H groups in total. The number of H-pyrrole nitrogens is 1. The topological polar surface area (TPSA) is 102 Å². The number of aromatic amines is 1. The highest BCUT2D eigenvalue weighted by atomic mass is 32.1. The average Bonchev–Trinajstić information content (AvgIpc) is 2.55. The van der Waals surface area contributed by atoms with E-state index in [-0.39, 0.29) is 22.8 Å². The molecule has 2 rings (SSSR count). The summed E-state index contributed by atoms with van der Waals surface area (Å²) in [6.45, 7) is 0.699. The Kier molecular flexibility index (Phi) is 5.67. The van der Waals surface area contributed by atoms with Crippen LogP contribution in [0.2, 0.25) is 0 Å². The molecule has 0 aliphatic carbocycles. The number of nitrogens with zero attached hydrogens (tertiary/aromatic N) is 1. The highest BCUT2D eigenvalue weighted by Crippen LogP contribution is 2.28. The van der Waals surface area contributed by atoms with Gasteiger partial charge in [-0.05, 0) is 24.4 Å². The summed E-state index contributed by atoms with van der Waals surface area (Å²) < 4.78 is 7.05. The van der Waals surface area contributed by atoms with Crippen molar-refractivity contribution in [3.63, 3.8) is 0 Å². The van der Waals surface area contributed by atoms with E-state index in [0.717, 1.165) is 0 Å². The first-order valence-electron chi connectivity index (χ1n) is 7.01. The van der Waals surface area contributed by atoms with E-state index in [1.165, 1.54) is 6.07 Å². The lowest BCUT2D eigenvalue weighted by atomic mass is 10.1. The number of para-hydroxylation sites is 1. The molecular formula is C15H18N4O3S. The lowest BCUT2D eigenvalue weighted by Crippen LogP contribution is -2.33. The molecule has 7 nitrogen and oxygen atoms in total. The molecular weight excluding hydrogens is 316 g/mol. The van der Waals surface area contributed by atoms with Gasteiger partial charge in [-0.25, -0.2) is 0 Å². The van der Waals surface area contributed by atoms with Crippen molar-refractivity contribution in [3.8, 4) is 17.0 Å². The van der Waals surface area contributed by atoms with Crippen molar-refractivity contribution in [2.75, 3.05) is 20.2 Å². The van der Waals surface area contributed by atoms with Gasteiger partial charge in [0.2, 0.25) is 5.91 Å². The second-order valence-corrected chi connectivity index (χ2v) is 5.14. The van der Waals surface area contributed by atoms with Gasteiger partial charge in [-0.1, -0.05) is 12.1 Å². The van der Waals surface area contributed by atoms with Crippen LogP contribution in [0.3, 0.4) is 0 Å². The third-order valence-corrected chi connectivity index (χ3v) is 3.51. The van der Waals surface area contributed by atoms with Crippen LogP contribution in [0.5, 0.6) is 5.75 Å². The molecule has 0 spiro atoms. The molecule has 8 heteroatoms. The largest absolute Gasteiger partial charge is 0.496 e. The molecule has 0 saturated heterocycles. The van der Waals surface area contributed by atoms with E-state index in [0.29, 0.717) is 30.1 Å². The number of ether oxygens (including phenoxy) is 1. The first-order chi connectivity index (χ1) is 11.1. The van der Waals surface area contributed by atoms with E-state index < -0.39 is 0 Å². The predicted octanol–water partition coefficient (Wildman–Crippen LogP) is 0.656. The van der Waals surface area contributed by atoms with Gasteiger partial charge in [0.25, 0.3) is 5.56 Å². The highest BCUT2D eigenvalue weighted by Gasteiger charge is 2.13. The normalized spacial score (nSPS) is 10.3. The van der Waals surface area contributed by atoms with Gasteiger partial charge < -0.3 is 20.4 Å². The first-order valence-corrected chi connectivity index (χ1v) is 7.42. The lowest BCUT2D eigenvalue weighted by molar-refractivity contribution is -0.121. The van der Waals surface area contributed by atoms with Crippen molar-refractivity contribution >= 4 is 18.1 Å². The van der Waals surface area contributed by atoms with Crippen LogP contribution in [0.4, 0.5) is 0 Å². The monoisotopic (exact) mass is 334 g/mol. The number of rotatable bonds is 6. The fourth-order valence-corrected chi connectivity index (χ4v) is 2.43. The van der Waals surface area contributed by atoms with Gasteiger partial charge >= 0.3 is 0 Å². The van der Waals surface area contributed by atoms with Crippen molar-refractivity contribution in [1.29, 1.82) is 0 Å². The Balaban J connectivity index is 2.52. The van der Waals surface area contributed by atoms with Gasteiger partial charge in [-0.2, -0.15) is 0 Å². The number of hydrogen-bond donors (Lipinski definition) is 3. The van der Waals surface area contributed by atoms with Gasteiger partial charge in [0.05, 0.1) is 12.8 Å². The van der Waals surface area contributed by atoms with E-state index in [9.17, 15) is 9.59 Å². The van der Waals surface area contributed by atoms with E-state index in [1.807, 2.05) is 12.1 Å². The van der Waals surface area contributed by atoms with Crippen LogP contribution in [0, 0.1) is 4.77 Å². The highest BCUT2D eigenvalue weighted by molar-refractivity contribution is 7.71. The van der Waals surface area contributed by atoms with Crippen molar-refractivity contribution in [3.05, 3.63) is 45.5 Å². The fourth-order valence-electron chi connectivity index (χ4n) is 2.17. The number of benzene rings is 1. The zero-order chi connectivity index (χ0) is 16.8. The van der Waals surface area contributed by atoms with Crippen LogP contribution in [-0.4, -0.2) is 35.7 Å². The smallest absolute Gasteiger partial charge is 0.252 e. The predicted molar refractivity (Wildman–Crippen MR) is 89.9 cm³/mol. The fraction of sp³-hybridized carbons (Fsp3) is 0.267. The lowest BCUT2D eigenvalue weighted by Gasteiger charge is -2.15. The molecule has 0 bridgehead atoms. The third-order valence-electron chi connectivity index (χ3n) is 3.19. The molecule has 0 radical (unpaired) electrons. The Bertz CT molecular complexity index is 813. The summed E-state index contributed by atoms with van der Waals surface area (Å²) >= 11 is 5.20. The Labute approximate surface area is 138 Å². The molecule has 0 atom stereocenters. The number of methoxy groups -OCH3 is 1. The SMILES string of the molecule is COc1ccccc1-c1cc(=O)[nH]c(=S)n1CC(=O)NCCN. The van der Waals surface area contributed by atoms with Crippen molar-refractivity contribution in [2.45, 2.75) is 6.54 Å². The quantitative estimate of drug-likeness (QED) is 0.674. The van der Waals surface area contributed by atoms with Crippen LogP contribution < -0.4 is 21.3 Å². The summed E-state index contributed by atoms with van der Waals surface area (Å²) in [6, 6.07) is 8.61. The number of amides is 1. The standard InChI is InChI=1S/C15H18N4O3S/c1-22-12-5-3-2-4-10(12)11-8-13(20)18-15(23)19(11)9-14(21)17-7-6-16/h2-5,8H,6-7,9,16H2,1H3,(H,17,21)(H,18,20,23). The Morgan fingerprint density at radius 1 is 1.43 bits per heavy atom. The average molecular weight is 334 g/mol. The summed E-state index contributed by atoms with van der Waals surface area (Å²) in [6.07, 6.45) is 0. The molecule has 0 aliphatic rings. The van der Waals surface area contributed by atoms with Crippen LogP contribution >= 0.6 is 12.2 Å². The maximum absolute atomic E-state index is 12.0. The van der Waals surface area contributed by atoms with Gasteiger partial charge in [0, 0.05) is 24.7 Å². The van der Waals surface area contributed by atoms with Crippen molar-refractivity contribution < 1.29 is 9.53 Å². The number of nitrogens with two attached hydrogens (primary N) is 1. The molecule has 1 aromatic carbocycles. The minimum Gasteiger partial charge on any atom is -0.496 e. The third kappa shape index (κ3) is 4.05. The van der Waals surface area contributed by atoms with E-state index in [2.05, 4.69) is 10.3 Å².